The minimum atomic E-state index is -4.85. The fourth-order valence-corrected chi connectivity index (χ4v) is 4.81. The second-order valence-electron chi connectivity index (χ2n) is 8.55. The third-order valence-electron chi connectivity index (χ3n) is 5.64. The summed E-state index contributed by atoms with van der Waals surface area (Å²) in [6, 6.07) is 14.7. The first kappa shape index (κ1) is 24.7. The van der Waals surface area contributed by atoms with Crippen LogP contribution in [0.2, 0.25) is 0 Å². The van der Waals surface area contributed by atoms with Gasteiger partial charge in [-0.1, -0.05) is 41.7 Å². The van der Waals surface area contributed by atoms with Gasteiger partial charge in [0.1, 0.15) is 11.6 Å². The number of aromatic nitrogens is 1. The number of carbonyl (C=O) groups excluding carboxylic acids is 2. The van der Waals surface area contributed by atoms with Crippen LogP contribution in [-0.4, -0.2) is 23.2 Å². The number of thiazole rings is 1. The summed E-state index contributed by atoms with van der Waals surface area (Å²) >= 11 is 1.31. The fraction of sp³-hybridized carbons (Fsp3) is 0.192. The second kappa shape index (κ2) is 9.81. The smallest absolute Gasteiger partial charge is 0.406 e. The molecule has 1 heterocycles. The molecule has 0 saturated heterocycles. The Morgan fingerprint density at radius 3 is 2.57 bits per heavy atom. The van der Waals surface area contributed by atoms with Crippen LogP contribution in [-0.2, 0) is 16.0 Å². The van der Waals surface area contributed by atoms with Crippen molar-refractivity contribution in [3.8, 4) is 16.9 Å². The van der Waals surface area contributed by atoms with Crippen LogP contribution in [0.3, 0.4) is 0 Å². The minimum Gasteiger partial charge on any atom is -0.406 e. The standard InChI is InChI=1S/C26H19F4N3O3S/c27-19-10-9-16(18-5-2-6-20-23(18)37-25(32-20)33-24(35)15-7-8-15)13-21(19)31-22(34)12-14-3-1-4-17(11-14)36-26(28,29)30/h1-6,9-11,13,15H,7-8,12H2,(H,31,34)(H,32,33,35). The molecule has 190 valence electrons. The van der Waals surface area contributed by atoms with Crippen LogP contribution in [0, 0.1) is 11.7 Å². The third-order valence-corrected chi connectivity index (χ3v) is 6.66. The van der Waals surface area contributed by atoms with E-state index in [1.807, 2.05) is 12.1 Å². The Labute approximate surface area is 212 Å². The summed E-state index contributed by atoms with van der Waals surface area (Å²) < 4.78 is 56.6. The lowest BCUT2D eigenvalue weighted by Gasteiger charge is -2.11. The SMILES string of the molecule is O=C(Cc1cccc(OC(F)(F)F)c1)Nc1cc(-c2cccc3nc(NC(=O)C4CC4)sc23)ccc1F. The molecule has 0 aliphatic heterocycles. The second-order valence-corrected chi connectivity index (χ2v) is 9.55. The number of nitrogens with one attached hydrogen (secondary N) is 2. The molecule has 0 spiro atoms. The van der Waals surface area contributed by atoms with Crippen LogP contribution >= 0.6 is 11.3 Å². The Hall–Kier alpha value is -3.99. The topological polar surface area (TPSA) is 80.3 Å². The van der Waals surface area contributed by atoms with Crippen LogP contribution < -0.4 is 15.4 Å². The Morgan fingerprint density at radius 2 is 1.81 bits per heavy atom. The summed E-state index contributed by atoms with van der Waals surface area (Å²) in [6.07, 6.45) is -3.39. The number of benzene rings is 3. The molecular formula is C26H19F4N3O3S. The van der Waals surface area contributed by atoms with Crippen molar-refractivity contribution in [2.75, 3.05) is 10.6 Å². The summed E-state index contributed by atoms with van der Waals surface area (Å²) in [5.74, 6) is -1.74. The average Bonchev–Trinajstić information content (AvgIpc) is 3.59. The zero-order valence-corrected chi connectivity index (χ0v) is 19.9. The summed E-state index contributed by atoms with van der Waals surface area (Å²) in [6.45, 7) is 0. The molecule has 0 bridgehead atoms. The molecule has 0 atom stereocenters. The van der Waals surface area contributed by atoms with Gasteiger partial charge in [-0.15, -0.1) is 13.2 Å². The average molecular weight is 530 g/mol. The predicted octanol–water partition coefficient (Wildman–Crippen LogP) is 6.53. The normalized spacial score (nSPS) is 13.4. The van der Waals surface area contributed by atoms with E-state index in [-0.39, 0.29) is 29.5 Å². The minimum absolute atomic E-state index is 0.0365. The molecule has 3 aromatic carbocycles. The quantitative estimate of drug-likeness (QED) is 0.267. The van der Waals surface area contributed by atoms with Crippen LogP contribution in [0.1, 0.15) is 18.4 Å². The van der Waals surface area contributed by atoms with Gasteiger partial charge in [-0.25, -0.2) is 9.37 Å². The number of rotatable bonds is 7. The van der Waals surface area contributed by atoms with Gasteiger partial charge in [-0.2, -0.15) is 0 Å². The molecule has 1 saturated carbocycles. The number of fused-ring (bicyclic) bond motifs is 1. The predicted molar refractivity (Wildman–Crippen MR) is 132 cm³/mol. The molecule has 1 fully saturated rings. The number of amides is 2. The molecule has 4 aromatic rings. The van der Waals surface area contributed by atoms with Gasteiger partial charge in [0.05, 0.1) is 22.3 Å². The van der Waals surface area contributed by atoms with E-state index in [2.05, 4.69) is 20.4 Å². The molecule has 2 amide bonds. The van der Waals surface area contributed by atoms with Crippen LogP contribution in [0.5, 0.6) is 5.75 Å². The number of carbonyl (C=O) groups is 2. The number of ether oxygens (including phenoxy) is 1. The van der Waals surface area contributed by atoms with Gasteiger partial charge >= 0.3 is 6.36 Å². The lowest BCUT2D eigenvalue weighted by Crippen LogP contribution is -2.18. The third kappa shape index (κ3) is 6.05. The zero-order valence-electron chi connectivity index (χ0n) is 19.1. The van der Waals surface area contributed by atoms with Gasteiger partial charge in [0.2, 0.25) is 11.8 Å². The van der Waals surface area contributed by atoms with Crippen molar-refractivity contribution < 1.29 is 31.9 Å². The number of nitrogens with zero attached hydrogens (tertiary/aromatic N) is 1. The highest BCUT2D eigenvalue weighted by Gasteiger charge is 2.31. The lowest BCUT2D eigenvalue weighted by atomic mass is 10.0. The molecule has 37 heavy (non-hydrogen) atoms. The summed E-state index contributed by atoms with van der Waals surface area (Å²) in [5, 5.41) is 5.81. The number of hydrogen-bond donors (Lipinski definition) is 2. The first-order valence-corrected chi connectivity index (χ1v) is 12.1. The summed E-state index contributed by atoms with van der Waals surface area (Å²) in [4.78, 5) is 29.2. The lowest BCUT2D eigenvalue weighted by molar-refractivity contribution is -0.274. The maximum atomic E-state index is 14.6. The molecule has 6 nitrogen and oxygen atoms in total. The van der Waals surface area contributed by atoms with Crippen LogP contribution in [0.4, 0.5) is 28.4 Å². The van der Waals surface area contributed by atoms with E-state index >= 15 is 0 Å². The van der Waals surface area contributed by atoms with Gasteiger partial charge in [0, 0.05) is 11.5 Å². The first-order chi connectivity index (χ1) is 17.6. The fourth-order valence-electron chi connectivity index (χ4n) is 3.80. The van der Waals surface area contributed by atoms with Gasteiger partial charge in [0.25, 0.3) is 0 Å². The Bertz CT molecular complexity index is 1500. The molecule has 1 aliphatic carbocycles. The molecule has 1 aliphatic rings. The van der Waals surface area contributed by atoms with E-state index in [1.165, 1.54) is 35.6 Å². The highest BCUT2D eigenvalue weighted by atomic mass is 32.1. The molecule has 2 N–H and O–H groups in total. The Morgan fingerprint density at radius 1 is 1.03 bits per heavy atom. The van der Waals surface area contributed by atoms with Crippen molar-refractivity contribution in [1.29, 1.82) is 0 Å². The van der Waals surface area contributed by atoms with Crippen molar-refractivity contribution in [2.24, 2.45) is 5.92 Å². The van der Waals surface area contributed by atoms with E-state index < -0.39 is 23.8 Å². The van der Waals surface area contributed by atoms with Gasteiger partial charge in [-0.3, -0.25) is 9.59 Å². The van der Waals surface area contributed by atoms with Gasteiger partial charge < -0.3 is 15.4 Å². The molecule has 0 radical (unpaired) electrons. The summed E-state index contributed by atoms with van der Waals surface area (Å²) in [5.41, 5.74) is 2.23. The highest BCUT2D eigenvalue weighted by Crippen LogP contribution is 2.37. The number of anilines is 2. The van der Waals surface area contributed by atoms with E-state index in [4.69, 9.17) is 0 Å². The number of hydrogen-bond acceptors (Lipinski definition) is 5. The maximum Gasteiger partial charge on any atom is 0.573 e. The van der Waals surface area contributed by atoms with Gasteiger partial charge in [-0.05, 0) is 54.3 Å². The van der Waals surface area contributed by atoms with E-state index in [9.17, 15) is 27.2 Å². The highest BCUT2D eigenvalue weighted by molar-refractivity contribution is 7.22. The van der Waals surface area contributed by atoms with Crippen LogP contribution in [0.25, 0.3) is 21.3 Å². The van der Waals surface area contributed by atoms with Crippen molar-refractivity contribution in [3.63, 3.8) is 0 Å². The van der Waals surface area contributed by atoms with Crippen molar-refractivity contribution >= 4 is 44.2 Å². The maximum absolute atomic E-state index is 14.6. The largest absolute Gasteiger partial charge is 0.573 e. The molecule has 5 rings (SSSR count). The molecule has 1 aromatic heterocycles. The number of alkyl halides is 3. The monoisotopic (exact) mass is 529 g/mol. The van der Waals surface area contributed by atoms with E-state index in [1.54, 1.807) is 12.1 Å². The first-order valence-electron chi connectivity index (χ1n) is 11.3. The zero-order chi connectivity index (χ0) is 26.2. The van der Waals surface area contributed by atoms with Crippen molar-refractivity contribution in [2.45, 2.75) is 25.6 Å². The Balaban J connectivity index is 1.35. The summed E-state index contributed by atoms with van der Waals surface area (Å²) in [7, 11) is 0. The van der Waals surface area contributed by atoms with Gasteiger partial charge in [0.15, 0.2) is 5.13 Å². The molecule has 11 heteroatoms. The molecule has 0 unspecified atom stereocenters. The Kier molecular flexibility index (Phi) is 6.55. The van der Waals surface area contributed by atoms with Crippen molar-refractivity contribution in [3.05, 3.63) is 72.0 Å². The number of halogens is 4. The van der Waals surface area contributed by atoms with E-state index in [0.29, 0.717) is 16.2 Å². The van der Waals surface area contributed by atoms with E-state index in [0.717, 1.165) is 35.2 Å². The van der Waals surface area contributed by atoms with Crippen LogP contribution in [0.15, 0.2) is 60.7 Å². The van der Waals surface area contributed by atoms with Crippen molar-refractivity contribution in [1.82, 2.24) is 4.98 Å². The molecular weight excluding hydrogens is 510 g/mol.